The van der Waals surface area contributed by atoms with E-state index in [9.17, 15) is 0 Å². The first-order valence-corrected chi connectivity index (χ1v) is 5.25. The fraction of sp³-hybridized carbons (Fsp3) is 1.00. The Labute approximate surface area is 71.4 Å². The fourth-order valence-electron chi connectivity index (χ4n) is 2.56. The second-order valence-electron chi connectivity index (χ2n) is 4.26. The molecule has 0 spiro atoms. The Hall–Kier alpha value is 0. The monoisotopic (exact) mass is 154 g/mol. The molecule has 0 aliphatic heterocycles. The van der Waals surface area contributed by atoms with Crippen molar-refractivity contribution in [2.24, 2.45) is 11.3 Å². The third kappa shape index (κ3) is 1.60. The van der Waals surface area contributed by atoms with Gasteiger partial charge in [-0.2, -0.15) is 0 Å². The van der Waals surface area contributed by atoms with E-state index in [0.29, 0.717) is 0 Å². The van der Waals surface area contributed by atoms with Gasteiger partial charge in [-0.05, 0) is 24.2 Å². The Morgan fingerprint density at radius 3 is 2.18 bits per heavy atom. The third-order valence-electron chi connectivity index (χ3n) is 3.82. The van der Waals surface area contributed by atoms with Gasteiger partial charge in [-0.3, -0.25) is 0 Å². The molecule has 0 bridgehead atoms. The molecule has 1 rings (SSSR count). The molecule has 1 atom stereocenters. The van der Waals surface area contributed by atoms with Gasteiger partial charge in [0.1, 0.15) is 0 Å². The summed E-state index contributed by atoms with van der Waals surface area (Å²) < 4.78 is 0. The van der Waals surface area contributed by atoms with Gasteiger partial charge < -0.3 is 0 Å². The van der Waals surface area contributed by atoms with Crippen molar-refractivity contribution in [2.45, 2.75) is 59.3 Å². The van der Waals surface area contributed by atoms with Crippen molar-refractivity contribution in [3.8, 4) is 0 Å². The van der Waals surface area contributed by atoms with E-state index in [2.05, 4.69) is 20.8 Å². The van der Waals surface area contributed by atoms with E-state index in [-0.39, 0.29) is 0 Å². The summed E-state index contributed by atoms with van der Waals surface area (Å²) in [4.78, 5) is 0. The summed E-state index contributed by atoms with van der Waals surface area (Å²) in [5.74, 6) is 0.978. The van der Waals surface area contributed by atoms with E-state index >= 15 is 0 Å². The van der Waals surface area contributed by atoms with Crippen LogP contribution in [0.4, 0.5) is 0 Å². The first-order valence-electron chi connectivity index (χ1n) is 5.25. The van der Waals surface area contributed by atoms with Crippen molar-refractivity contribution in [2.75, 3.05) is 0 Å². The lowest BCUT2D eigenvalue weighted by molar-refractivity contribution is 0.0483. The summed E-state index contributed by atoms with van der Waals surface area (Å²) >= 11 is 0. The highest BCUT2D eigenvalue weighted by Gasteiger charge is 2.39. The van der Waals surface area contributed by atoms with Gasteiger partial charge in [0.15, 0.2) is 0 Å². The maximum atomic E-state index is 2.45. The van der Waals surface area contributed by atoms with E-state index in [1.165, 1.54) is 38.5 Å². The third-order valence-corrected chi connectivity index (χ3v) is 3.82. The molecule has 0 amide bonds. The van der Waals surface area contributed by atoms with Gasteiger partial charge in [-0.15, -0.1) is 0 Å². The molecule has 0 heterocycles. The van der Waals surface area contributed by atoms with E-state index in [1.807, 2.05) is 0 Å². The van der Waals surface area contributed by atoms with Crippen LogP contribution in [0, 0.1) is 11.3 Å². The topological polar surface area (TPSA) is 0 Å². The van der Waals surface area contributed by atoms with Crippen LogP contribution >= 0.6 is 0 Å². The lowest BCUT2D eigenvalue weighted by Gasteiger charge is -2.46. The SMILES string of the molecule is CCCC(C)C1(CC)CCC1. The number of hydrogen-bond acceptors (Lipinski definition) is 0. The van der Waals surface area contributed by atoms with Crippen LogP contribution in [0.2, 0.25) is 0 Å². The number of hydrogen-bond donors (Lipinski definition) is 0. The van der Waals surface area contributed by atoms with Crippen LogP contribution in [0.1, 0.15) is 59.3 Å². The standard InChI is InChI=1S/C11H22/c1-4-7-10(3)11(5-2)8-6-9-11/h10H,4-9H2,1-3H3. The molecule has 1 saturated carbocycles. The summed E-state index contributed by atoms with van der Waals surface area (Å²) in [6.07, 6.45) is 8.71. The molecule has 0 N–H and O–H groups in total. The van der Waals surface area contributed by atoms with E-state index < -0.39 is 0 Å². The van der Waals surface area contributed by atoms with Gasteiger partial charge in [-0.25, -0.2) is 0 Å². The Bertz CT molecular complexity index is 106. The predicted molar refractivity (Wildman–Crippen MR) is 50.6 cm³/mol. The van der Waals surface area contributed by atoms with E-state index in [4.69, 9.17) is 0 Å². The van der Waals surface area contributed by atoms with Crippen LogP contribution in [0.3, 0.4) is 0 Å². The highest BCUT2D eigenvalue weighted by atomic mass is 14.4. The molecule has 1 unspecified atom stereocenters. The second kappa shape index (κ2) is 3.60. The molecule has 1 aliphatic rings. The zero-order valence-electron chi connectivity index (χ0n) is 8.32. The molecule has 0 radical (unpaired) electrons. The predicted octanol–water partition coefficient (Wildman–Crippen LogP) is 4.00. The van der Waals surface area contributed by atoms with E-state index in [0.717, 1.165) is 11.3 Å². The highest BCUT2D eigenvalue weighted by molar-refractivity contribution is 4.90. The van der Waals surface area contributed by atoms with Crippen molar-refractivity contribution >= 4 is 0 Å². The Morgan fingerprint density at radius 2 is 1.91 bits per heavy atom. The number of rotatable bonds is 4. The molecular formula is C11H22. The quantitative estimate of drug-likeness (QED) is 0.574. The summed E-state index contributed by atoms with van der Waals surface area (Å²) in [5, 5.41) is 0. The smallest absolute Gasteiger partial charge is 0.0274 e. The van der Waals surface area contributed by atoms with Crippen LogP contribution in [0.25, 0.3) is 0 Å². The van der Waals surface area contributed by atoms with Crippen LogP contribution in [-0.2, 0) is 0 Å². The Balaban J connectivity index is 2.40. The van der Waals surface area contributed by atoms with Gasteiger partial charge >= 0.3 is 0 Å². The normalized spacial score (nSPS) is 24.3. The minimum Gasteiger partial charge on any atom is -0.0654 e. The minimum atomic E-state index is 0.774. The zero-order valence-corrected chi connectivity index (χ0v) is 8.32. The van der Waals surface area contributed by atoms with Crippen molar-refractivity contribution in [3.63, 3.8) is 0 Å². The molecule has 0 saturated heterocycles. The highest BCUT2D eigenvalue weighted by Crippen LogP contribution is 2.50. The van der Waals surface area contributed by atoms with Crippen LogP contribution in [0.5, 0.6) is 0 Å². The molecule has 0 aromatic rings. The largest absolute Gasteiger partial charge is 0.0654 e. The average molecular weight is 154 g/mol. The molecule has 1 aliphatic carbocycles. The Kier molecular flexibility index (Phi) is 2.98. The zero-order chi connectivity index (χ0) is 8.32. The molecule has 0 heteroatoms. The lowest BCUT2D eigenvalue weighted by Crippen LogP contribution is -2.35. The maximum absolute atomic E-state index is 2.45. The van der Waals surface area contributed by atoms with Crippen molar-refractivity contribution in [1.82, 2.24) is 0 Å². The van der Waals surface area contributed by atoms with Crippen molar-refractivity contribution < 1.29 is 0 Å². The van der Waals surface area contributed by atoms with Crippen molar-refractivity contribution in [1.29, 1.82) is 0 Å². The van der Waals surface area contributed by atoms with Gasteiger partial charge in [0.25, 0.3) is 0 Å². The van der Waals surface area contributed by atoms with Gasteiger partial charge in [0, 0.05) is 0 Å². The lowest BCUT2D eigenvalue weighted by atomic mass is 9.59. The van der Waals surface area contributed by atoms with Crippen molar-refractivity contribution in [3.05, 3.63) is 0 Å². The van der Waals surface area contributed by atoms with E-state index in [1.54, 1.807) is 0 Å². The van der Waals surface area contributed by atoms with Crippen LogP contribution in [0.15, 0.2) is 0 Å². The van der Waals surface area contributed by atoms with Gasteiger partial charge in [-0.1, -0.05) is 46.5 Å². The van der Waals surface area contributed by atoms with Gasteiger partial charge in [0.2, 0.25) is 0 Å². The molecule has 0 aromatic heterocycles. The molecule has 0 aromatic carbocycles. The first kappa shape index (κ1) is 9.09. The molecule has 66 valence electrons. The fourth-order valence-corrected chi connectivity index (χ4v) is 2.56. The maximum Gasteiger partial charge on any atom is -0.0274 e. The summed E-state index contributed by atoms with van der Waals surface area (Å²) in [5.41, 5.74) is 0.774. The molecular weight excluding hydrogens is 132 g/mol. The van der Waals surface area contributed by atoms with Crippen LogP contribution in [-0.4, -0.2) is 0 Å². The Morgan fingerprint density at radius 1 is 1.27 bits per heavy atom. The second-order valence-corrected chi connectivity index (χ2v) is 4.26. The summed E-state index contributed by atoms with van der Waals surface area (Å²) in [6.45, 7) is 7.12. The summed E-state index contributed by atoms with van der Waals surface area (Å²) in [6, 6.07) is 0. The minimum absolute atomic E-state index is 0.774. The molecule has 0 nitrogen and oxygen atoms in total. The van der Waals surface area contributed by atoms with Gasteiger partial charge in [0.05, 0.1) is 0 Å². The average Bonchev–Trinajstić information content (AvgIpc) is 1.87. The first-order chi connectivity index (χ1) is 5.25. The van der Waals surface area contributed by atoms with Crippen LogP contribution < -0.4 is 0 Å². The molecule has 1 fully saturated rings. The molecule has 11 heavy (non-hydrogen) atoms. The summed E-state index contributed by atoms with van der Waals surface area (Å²) in [7, 11) is 0.